The van der Waals surface area contributed by atoms with Crippen LogP contribution in [-0.2, 0) is 16.7 Å². The third-order valence-electron chi connectivity index (χ3n) is 7.51. The fraction of sp³-hybridized carbons (Fsp3) is 0.619. The summed E-state index contributed by atoms with van der Waals surface area (Å²) in [4.78, 5) is 19.5. The molecule has 2 saturated carbocycles. The van der Waals surface area contributed by atoms with Gasteiger partial charge >= 0.3 is 5.92 Å². The van der Waals surface area contributed by atoms with Crippen molar-refractivity contribution in [3.63, 3.8) is 0 Å². The minimum absolute atomic E-state index is 0.0275. The number of hydrogen-bond donors (Lipinski definition) is 2. The molecule has 0 aromatic carbocycles. The standard InChI is InChI=1S/C21H23ClF2N6O2S/c22-12-6-25-17(26-7-12)14-5-13-4-11(14)8-30(13)19-27-16-15(33(32)10-21(16,23)24)18(28-19)29-20(9-31)2-1-3-20/h6-7,11,13-14,31H,1-5,8-10H2,(H,27,28,29)/t11?,13?,14?,33-/m1/s1. The Bertz CT molecular complexity index is 1130. The van der Waals surface area contributed by atoms with Gasteiger partial charge in [0, 0.05) is 30.9 Å². The first-order valence-corrected chi connectivity index (χ1v) is 12.8. The summed E-state index contributed by atoms with van der Waals surface area (Å²) in [6, 6.07) is 0.0844. The second-order valence-electron chi connectivity index (χ2n) is 9.56. The van der Waals surface area contributed by atoms with Crippen LogP contribution < -0.4 is 10.2 Å². The number of aliphatic hydroxyl groups excluding tert-OH is 1. The molecule has 8 nitrogen and oxygen atoms in total. The Morgan fingerprint density at radius 1 is 1.24 bits per heavy atom. The van der Waals surface area contributed by atoms with Crippen molar-refractivity contribution in [3.8, 4) is 0 Å². The molecule has 2 N–H and O–H groups in total. The van der Waals surface area contributed by atoms with E-state index in [1.54, 1.807) is 12.4 Å². The number of piperidine rings is 1. The van der Waals surface area contributed by atoms with E-state index in [-0.39, 0.29) is 41.1 Å². The fourth-order valence-corrected chi connectivity index (χ4v) is 7.06. The quantitative estimate of drug-likeness (QED) is 0.651. The molecule has 12 heteroatoms. The van der Waals surface area contributed by atoms with Crippen molar-refractivity contribution in [1.82, 2.24) is 19.9 Å². The van der Waals surface area contributed by atoms with Gasteiger partial charge in [0.1, 0.15) is 22.2 Å². The zero-order valence-electron chi connectivity index (χ0n) is 17.7. The lowest BCUT2D eigenvalue weighted by Gasteiger charge is -2.42. The normalized spacial score (nSPS) is 30.8. The molecule has 0 spiro atoms. The van der Waals surface area contributed by atoms with Gasteiger partial charge in [0.2, 0.25) is 5.95 Å². The Morgan fingerprint density at radius 2 is 2.00 bits per heavy atom. The average Bonchev–Trinajstić information content (AvgIpc) is 3.42. The minimum atomic E-state index is -3.28. The minimum Gasteiger partial charge on any atom is -0.394 e. The molecule has 2 aliphatic heterocycles. The van der Waals surface area contributed by atoms with Gasteiger partial charge in [-0.3, -0.25) is 4.21 Å². The van der Waals surface area contributed by atoms with Crippen LogP contribution in [0, 0.1) is 5.92 Å². The Balaban J connectivity index is 1.33. The van der Waals surface area contributed by atoms with Gasteiger partial charge in [0.05, 0.1) is 33.7 Å². The van der Waals surface area contributed by atoms with Gasteiger partial charge in [-0.1, -0.05) is 11.6 Å². The number of aliphatic hydroxyl groups is 1. The number of aromatic nitrogens is 4. The lowest BCUT2D eigenvalue weighted by molar-refractivity contribution is 0.0191. The lowest BCUT2D eigenvalue weighted by Crippen LogP contribution is -2.49. The summed E-state index contributed by atoms with van der Waals surface area (Å²) in [5.41, 5.74) is -1.07. The SMILES string of the molecule is O=[S@@]1CC(F)(F)c2nc(N3CC4CC3CC4c3ncc(Cl)cn3)nc(NC3(CO)CCC3)c21. The van der Waals surface area contributed by atoms with Crippen LogP contribution in [0.15, 0.2) is 17.3 Å². The maximum absolute atomic E-state index is 14.7. The zero-order chi connectivity index (χ0) is 23.0. The van der Waals surface area contributed by atoms with E-state index in [4.69, 9.17) is 11.6 Å². The molecule has 4 atom stereocenters. The highest BCUT2D eigenvalue weighted by molar-refractivity contribution is 7.85. The number of nitrogens with zero attached hydrogens (tertiary/aromatic N) is 5. The molecule has 0 radical (unpaired) electrons. The summed E-state index contributed by atoms with van der Waals surface area (Å²) in [6.07, 6.45) is 7.18. The summed E-state index contributed by atoms with van der Waals surface area (Å²) in [6.45, 7) is 0.473. The first-order chi connectivity index (χ1) is 15.8. The Kier molecular flexibility index (Phi) is 4.90. The highest BCUT2D eigenvalue weighted by atomic mass is 35.5. The van der Waals surface area contributed by atoms with Gasteiger partial charge in [0.25, 0.3) is 0 Å². The average molecular weight is 497 g/mol. The van der Waals surface area contributed by atoms with E-state index in [2.05, 4.69) is 25.3 Å². The van der Waals surface area contributed by atoms with Crippen molar-refractivity contribution in [2.24, 2.45) is 5.92 Å². The molecule has 33 heavy (non-hydrogen) atoms. The van der Waals surface area contributed by atoms with E-state index in [9.17, 15) is 18.1 Å². The number of rotatable bonds is 5. The van der Waals surface area contributed by atoms with Crippen LogP contribution in [0.2, 0.25) is 5.02 Å². The summed E-state index contributed by atoms with van der Waals surface area (Å²) in [5, 5.41) is 13.5. The molecule has 1 saturated heterocycles. The molecule has 176 valence electrons. The van der Waals surface area contributed by atoms with Crippen molar-refractivity contribution in [2.45, 2.75) is 60.4 Å². The second kappa shape index (κ2) is 7.51. The van der Waals surface area contributed by atoms with Gasteiger partial charge < -0.3 is 15.3 Å². The van der Waals surface area contributed by atoms with Crippen molar-refractivity contribution in [2.75, 3.05) is 29.1 Å². The van der Waals surface area contributed by atoms with Crippen LogP contribution in [0.1, 0.15) is 49.5 Å². The third-order valence-corrected chi connectivity index (χ3v) is 9.17. The number of fused-ring (bicyclic) bond motifs is 3. The van der Waals surface area contributed by atoms with Crippen molar-refractivity contribution >= 4 is 34.2 Å². The fourth-order valence-electron chi connectivity index (χ4n) is 5.63. The molecule has 6 rings (SSSR count). The van der Waals surface area contributed by atoms with Crippen molar-refractivity contribution in [3.05, 3.63) is 28.9 Å². The van der Waals surface area contributed by atoms with Crippen LogP contribution in [0.3, 0.4) is 0 Å². The Morgan fingerprint density at radius 3 is 2.61 bits per heavy atom. The predicted octanol–water partition coefficient (Wildman–Crippen LogP) is 2.84. The van der Waals surface area contributed by atoms with Crippen LogP contribution in [-0.4, -0.2) is 59.7 Å². The summed E-state index contributed by atoms with van der Waals surface area (Å²) in [5.74, 6) is -2.49. The topological polar surface area (TPSA) is 104 Å². The molecule has 0 amide bonds. The van der Waals surface area contributed by atoms with E-state index in [1.807, 2.05) is 4.90 Å². The highest BCUT2D eigenvalue weighted by Crippen LogP contribution is 2.49. The number of alkyl halides is 2. The molecule has 2 aliphatic carbocycles. The molecular formula is C21H23ClF2N6O2S. The second-order valence-corrected chi connectivity index (χ2v) is 11.4. The van der Waals surface area contributed by atoms with Crippen LogP contribution in [0.5, 0.6) is 0 Å². The van der Waals surface area contributed by atoms with Gasteiger partial charge in [-0.2, -0.15) is 13.8 Å². The van der Waals surface area contributed by atoms with E-state index >= 15 is 0 Å². The van der Waals surface area contributed by atoms with Crippen molar-refractivity contribution < 1.29 is 18.1 Å². The summed E-state index contributed by atoms with van der Waals surface area (Å²) >= 11 is 5.91. The number of halogens is 3. The Labute approximate surface area is 196 Å². The van der Waals surface area contributed by atoms with Crippen LogP contribution in [0.25, 0.3) is 0 Å². The monoisotopic (exact) mass is 496 g/mol. The number of anilines is 2. The maximum atomic E-state index is 14.7. The van der Waals surface area contributed by atoms with Gasteiger partial charge in [-0.05, 0) is 38.0 Å². The molecule has 2 aromatic heterocycles. The summed E-state index contributed by atoms with van der Waals surface area (Å²) < 4.78 is 42.1. The molecular weight excluding hydrogens is 474 g/mol. The van der Waals surface area contributed by atoms with E-state index < -0.39 is 33.7 Å². The first-order valence-electron chi connectivity index (χ1n) is 11.1. The number of nitrogens with one attached hydrogen (secondary N) is 1. The maximum Gasteiger partial charge on any atom is 0.302 e. The number of hydrogen-bond acceptors (Lipinski definition) is 8. The van der Waals surface area contributed by atoms with Gasteiger partial charge in [0.15, 0.2) is 0 Å². The summed E-state index contributed by atoms with van der Waals surface area (Å²) in [7, 11) is -1.90. The molecule has 3 fully saturated rings. The van der Waals surface area contributed by atoms with Gasteiger partial charge in [-0.15, -0.1) is 0 Å². The molecule has 2 bridgehead atoms. The van der Waals surface area contributed by atoms with Crippen molar-refractivity contribution in [1.29, 1.82) is 0 Å². The first kappa shape index (κ1) is 21.5. The molecule has 3 unspecified atom stereocenters. The largest absolute Gasteiger partial charge is 0.394 e. The third kappa shape index (κ3) is 3.42. The van der Waals surface area contributed by atoms with Gasteiger partial charge in [-0.25, -0.2) is 15.0 Å². The zero-order valence-corrected chi connectivity index (χ0v) is 19.2. The molecule has 4 aliphatic rings. The van der Waals surface area contributed by atoms with E-state index in [0.717, 1.165) is 25.1 Å². The molecule has 2 aromatic rings. The molecule has 4 heterocycles. The van der Waals surface area contributed by atoms with Crippen LogP contribution >= 0.6 is 11.6 Å². The smallest absolute Gasteiger partial charge is 0.302 e. The lowest BCUT2D eigenvalue weighted by atomic mass is 9.77. The Hall–Kier alpha value is -1.98. The predicted molar refractivity (Wildman–Crippen MR) is 118 cm³/mol. The van der Waals surface area contributed by atoms with E-state index in [0.29, 0.717) is 24.4 Å². The van der Waals surface area contributed by atoms with E-state index in [1.165, 1.54) is 0 Å². The van der Waals surface area contributed by atoms with Crippen LogP contribution in [0.4, 0.5) is 20.5 Å². The highest BCUT2D eigenvalue weighted by Gasteiger charge is 2.52.